The van der Waals surface area contributed by atoms with Gasteiger partial charge in [-0.1, -0.05) is 24.3 Å². The van der Waals surface area contributed by atoms with Crippen molar-refractivity contribution in [3.05, 3.63) is 35.5 Å². The van der Waals surface area contributed by atoms with Crippen molar-refractivity contribution in [3.63, 3.8) is 0 Å². The molecule has 2 aliphatic rings. The van der Waals surface area contributed by atoms with Crippen LogP contribution in [0.1, 0.15) is 34.1 Å². The Morgan fingerprint density at radius 1 is 1.07 bits per heavy atom. The lowest BCUT2D eigenvalue weighted by molar-refractivity contribution is 0.133. The molecule has 0 saturated carbocycles. The molecule has 0 aromatic heterocycles. The summed E-state index contributed by atoms with van der Waals surface area (Å²) in [6, 6.07) is 1.78. The van der Waals surface area contributed by atoms with E-state index in [2.05, 4.69) is 56.9 Å². The van der Waals surface area contributed by atoms with Crippen molar-refractivity contribution in [2.24, 2.45) is 0 Å². The molecule has 1 aliphatic heterocycles. The van der Waals surface area contributed by atoms with E-state index < -0.39 is 0 Å². The van der Waals surface area contributed by atoms with Gasteiger partial charge in [-0.15, -0.1) is 0 Å². The Bertz CT molecular complexity index is 305. The monoisotopic (exact) mass is 203 g/mol. The lowest BCUT2D eigenvalue weighted by Gasteiger charge is -2.44. The zero-order valence-electron chi connectivity index (χ0n) is 10.2. The highest BCUT2D eigenvalue weighted by Gasteiger charge is 2.32. The van der Waals surface area contributed by atoms with Gasteiger partial charge >= 0.3 is 0 Å². The SMILES string of the molecule is CC(C)N1C(C)C2=CC=CC=C(C2)C1C. The maximum absolute atomic E-state index is 2.61. The summed E-state index contributed by atoms with van der Waals surface area (Å²) in [7, 11) is 0. The molecule has 1 heterocycles. The average Bonchev–Trinajstić information content (AvgIpc) is 2.38. The van der Waals surface area contributed by atoms with Gasteiger partial charge in [-0.2, -0.15) is 0 Å². The smallest absolute Gasteiger partial charge is 0.0294 e. The molecule has 0 radical (unpaired) electrons. The van der Waals surface area contributed by atoms with Crippen LogP contribution in [0.25, 0.3) is 0 Å². The Labute approximate surface area is 93.2 Å². The van der Waals surface area contributed by atoms with E-state index in [-0.39, 0.29) is 0 Å². The number of piperidine rings is 1. The predicted octanol–water partition coefficient (Wildman–Crippen LogP) is 3.30. The zero-order chi connectivity index (χ0) is 11.0. The van der Waals surface area contributed by atoms with Gasteiger partial charge in [-0.3, -0.25) is 4.90 Å². The number of allylic oxidation sites excluding steroid dienone is 4. The minimum atomic E-state index is 0.583. The van der Waals surface area contributed by atoms with Gasteiger partial charge in [0.25, 0.3) is 0 Å². The molecule has 1 heteroatoms. The minimum Gasteiger partial charge on any atom is -0.288 e. The average molecular weight is 203 g/mol. The lowest BCUT2D eigenvalue weighted by atomic mass is 9.87. The third kappa shape index (κ3) is 1.81. The third-order valence-corrected chi connectivity index (χ3v) is 3.70. The standard InChI is InChI=1S/C14H21N/c1-10(2)15-11(3)13-7-5-6-8-14(9-13)12(15)4/h5-8,10-12H,9H2,1-4H3. The van der Waals surface area contributed by atoms with Crippen molar-refractivity contribution in [2.45, 2.75) is 52.2 Å². The molecule has 0 aromatic rings. The quantitative estimate of drug-likeness (QED) is 0.632. The van der Waals surface area contributed by atoms with Gasteiger partial charge in [0.1, 0.15) is 0 Å². The second kappa shape index (κ2) is 3.97. The van der Waals surface area contributed by atoms with Gasteiger partial charge in [0.2, 0.25) is 0 Å². The highest BCUT2D eigenvalue weighted by Crippen LogP contribution is 2.34. The van der Waals surface area contributed by atoms with Gasteiger partial charge in [0.05, 0.1) is 0 Å². The first-order valence-electron chi connectivity index (χ1n) is 5.95. The molecule has 0 amide bonds. The Morgan fingerprint density at radius 3 is 1.93 bits per heavy atom. The topological polar surface area (TPSA) is 3.24 Å². The molecule has 2 rings (SSSR count). The maximum Gasteiger partial charge on any atom is 0.0294 e. The molecule has 0 spiro atoms. The minimum absolute atomic E-state index is 0.583. The normalized spacial score (nSPS) is 31.3. The highest BCUT2D eigenvalue weighted by molar-refractivity contribution is 5.36. The van der Waals surface area contributed by atoms with Crippen LogP contribution in [-0.2, 0) is 0 Å². The molecular formula is C14H21N. The second-order valence-corrected chi connectivity index (χ2v) is 4.94. The number of hydrogen-bond acceptors (Lipinski definition) is 1. The number of nitrogens with zero attached hydrogens (tertiary/aromatic N) is 1. The Hall–Kier alpha value is -0.820. The Balaban J connectivity index is 2.38. The number of hydrogen-bond donors (Lipinski definition) is 0. The van der Waals surface area contributed by atoms with E-state index in [1.165, 1.54) is 6.42 Å². The van der Waals surface area contributed by atoms with E-state index in [1.54, 1.807) is 11.1 Å². The van der Waals surface area contributed by atoms with Crippen LogP contribution in [0, 0.1) is 0 Å². The van der Waals surface area contributed by atoms with Crippen molar-refractivity contribution < 1.29 is 0 Å². The van der Waals surface area contributed by atoms with E-state index in [9.17, 15) is 0 Å². The van der Waals surface area contributed by atoms with Crippen molar-refractivity contribution in [3.8, 4) is 0 Å². The van der Waals surface area contributed by atoms with Crippen LogP contribution >= 0.6 is 0 Å². The molecule has 1 fully saturated rings. The van der Waals surface area contributed by atoms with E-state index >= 15 is 0 Å². The summed E-state index contributed by atoms with van der Waals surface area (Å²) in [6.07, 6.45) is 10.1. The van der Waals surface area contributed by atoms with Crippen molar-refractivity contribution in [1.29, 1.82) is 0 Å². The maximum atomic E-state index is 2.61. The summed E-state index contributed by atoms with van der Waals surface area (Å²) in [5.41, 5.74) is 3.11. The highest BCUT2D eigenvalue weighted by atomic mass is 15.2. The van der Waals surface area contributed by atoms with Crippen LogP contribution < -0.4 is 0 Å². The molecule has 1 nitrogen and oxygen atoms in total. The number of fused-ring (bicyclic) bond motifs is 2. The number of rotatable bonds is 1. The van der Waals surface area contributed by atoms with Crippen LogP contribution in [0.5, 0.6) is 0 Å². The number of likely N-dealkylation sites (tertiary alicyclic amines) is 1. The molecule has 0 N–H and O–H groups in total. The predicted molar refractivity (Wildman–Crippen MR) is 65.8 cm³/mol. The molecule has 0 aromatic carbocycles. The van der Waals surface area contributed by atoms with Crippen LogP contribution in [0.4, 0.5) is 0 Å². The van der Waals surface area contributed by atoms with Crippen LogP contribution in [0.15, 0.2) is 35.5 Å². The van der Waals surface area contributed by atoms with Gasteiger partial charge in [0, 0.05) is 18.1 Å². The van der Waals surface area contributed by atoms with Crippen LogP contribution in [0.2, 0.25) is 0 Å². The second-order valence-electron chi connectivity index (χ2n) is 4.94. The molecule has 2 unspecified atom stereocenters. The summed E-state index contributed by atoms with van der Waals surface area (Å²) in [6.45, 7) is 9.24. The summed E-state index contributed by atoms with van der Waals surface area (Å²) in [4.78, 5) is 2.61. The van der Waals surface area contributed by atoms with Crippen molar-refractivity contribution >= 4 is 0 Å². The third-order valence-electron chi connectivity index (χ3n) is 3.70. The molecule has 82 valence electrons. The molecule has 1 saturated heterocycles. The molecule has 2 bridgehead atoms. The first-order chi connectivity index (χ1) is 7.11. The van der Waals surface area contributed by atoms with Gasteiger partial charge in [-0.05, 0) is 45.3 Å². The summed E-state index contributed by atoms with van der Waals surface area (Å²) >= 11 is 0. The van der Waals surface area contributed by atoms with Crippen LogP contribution in [-0.4, -0.2) is 23.0 Å². The van der Waals surface area contributed by atoms with Crippen molar-refractivity contribution in [1.82, 2.24) is 4.90 Å². The zero-order valence-corrected chi connectivity index (χ0v) is 10.2. The fourth-order valence-electron chi connectivity index (χ4n) is 2.90. The van der Waals surface area contributed by atoms with E-state index in [4.69, 9.17) is 0 Å². The largest absolute Gasteiger partial charge is 0.288 e. The summed E-state index contributed by atoms with van der Waals surface area (Å²) < 4.78 is 0. The first-order valence-corrected chi connectivity index (χ1v) is 5.95. The first kappa shape index (κ1) is 10.7. The van der Waals surface area contributed by atoms with Crippen molar-refractivity contribution in [2.75, 3.05) is 0 Å². The van der Waals surface area contributed by atoms with Crippen LogP contribution in [0.3, 0.4) is 0 Å². The summed E-state index contributed by atoms with van der Waals surface area (Å²) in [5, 5.41) is 0. The molecular weight excluding hydrogens is 182 g/mol. The Morgan fingerprint density at radius 2 is 1.53 bits per heavy atom. The molecule has 1 aliphatic carbocycles. The van der Waals surface area contributed by atoms with E-state index in [0.29, 0.717) is 18.1 Å². The Kier molecular flexibility index (Phi) is 2.83. The van der Waals surface area contributed by atoms with Gasteiger partial charge in [0.15, 0.2) is 0 Å². The van der Waals surface area contributed by atoms with Gasteiger partial charge < -0.3 is 0 Å². The van der Waals surface area contributed by atoms with E-state index in [1.807, 2.05) is 0 Å². The lowest BCUT2D eigenvalue weighted by Crippen LogP contribution is -2.49. The van der Waals surface area contributed by atoms with Gasteiger partial charge in [-0.25, -0.2) is 0 Å². The summed E-state index contributed by atoms with van der Waals surface area (Å²) in [5.74, 6) is 0. The van der Waals surface area contributed by atoms with E-state index in [0.717, 1.165) is 0 Å². The fourth-order valence-corrected chi connectivity index (χ4v) is 2.90. The molecule has 15 heavy (non-hydrogen) atoms. The molecule has 2 atom stereocenters. The fraction of sp³-hybridized carbons (Fsp3) is 0.571.